The summed E-state index contributed by atoms with van der Waals surface area (Å²) in [5.74, 6) is -1.41. The maximum Gasteiger partial charge on any atom is 0.326 e. The molecule has 3 rings (SSSR count). The van der Waals surface area contributed by atoms with Crippen molar-refractivity contribution in [2.75, 3.05) is 19.0 Å². The number of carbonyl (C=O) groups excluding carboxylic acids is 3. The van der Waals surface area contributed by atoms with E-state index < -0.39 is 35.4 Å². The number of ether oxygens (including phenoxy) is 2. The molecule has 11 nitrogen and oxygen atoms in total. The fourth-order valence-electron chi connectivity index (χ4n) is 2.76. The molecule has 2 aromatic carbocycles. The number of nitro benzene ring substituents is 1. The van der Waals surface area contributed by atoms with Gasteiger partial charge in [0.15, 0.2) is 11.2 Å². The summed E-state index contributed by atoms with van der Waals surface area (Å²) in [6.45, 7) is 0.952. The number of carbonyl (C=O) groups is 3. The Labute approximate surface area is 197 Å². The van der Waals surface area contributed by atoms with E-state index in [-0.39, 0.29) is 10.8 Å². The average Bonchev–Trinajstić information content (AvgIpc) is 3.31. The zero-order chi connectivity index (χ0) is 24.7. The second kappa shape index (κ2) is 11.0. The Hall–Kier alpha value is -4.32. The number of nitrogens with zero attached hydrogens (tertiary/aromatic N) is 2. The van der Waals surface area contributed by atoms with Gasteiger partial charge in [0.1, 0.15) is 12.3 Å². The first-order chi connectivity index (χ1) is 16.3. The van der Waals surface area contributed by atoms with Crippen LogP contribution < -0.4 is 15.4 Å². The van der Waals surface area contributed by atoms with Crippen LogP contribution in [0.5, 0.6) is 5.75 Å². The fraction of sp³-hybridized carbons (Fsp3) is 0.182. The summed E-state index contributed by atoms with van der Waals surface area (Å²) in [4.78, 5) is 51.2. The van der Waals surface area contributed by atoms with E-state index in [4.69, 9.17) is 9.47 Å². The highest BCUT2D eigenvalue weighted by Gasteiger charge is 2.20. The molecule has 2 N–H and O–H groups in total. The third-order valence-corrected chi connectivity index (χ3v) is 5.25. The number of hydrogen-bond acceptors (Lipinski definition) is 9. The molecule has 0 aliphatic rings. The first kappa shape index (κ1) is 24.3. The highest BCUT2D eigenvalue weighted by Crippen LogP contribution is 2.27. The first-order valence-corrected chi connectivity index (χ1v) is 10.8. The molecule has 0 radical (unpaired) electrons. The molecule has 0 aliphatic carbocycles. The van der Waals surface area contributed by atoms with Gasteiger partial charge >= 0.3 is 5.97 Å². The van der Waals surface area contributed by atoms with Gasteiger partial charge in [0.25, 0.3) is 17.5 Å². The van der Waals surface area contributed by atoms with Crippen molar-refractivity contribution < 1.29 is 28.8 Å². The monoisotopic (exact) mass is 484 g/mol. The topological polar surface area (TPSA) is 150 Å². The van der Waals surface area contributed by atoms with Gasteiger partial charge in [0.05, 0.1) is 17.7 Å². The summed E-state index contributed by atoms with van der Waals surface area (Å²) in [6.07, 6.45) is -1.15. The average molecular weight is 484 g/mol. The van der Waals surface area contributed by atoms with E-state index in [2.05, 4.69) is 15.6 Å². The molecular weight excluding hydrogens is 464 g/mol. The Bertz CT molecular complexity index is 1230. The van der Waals surface area contributed by atoms with E-state index in [1.165, 1.54) is 32.2 Å². The third kappa shape index (κ3) is 6.36. The van der Waals surface area contributed by atoms with Crippen LogP contribution in [0.4, 0.5) is 10.8 Å². The maximum absolute atomic E-state index is 12.4. The Balaban J connectivity index is 1.51. The van der Waals surface area contributed by atoms with Crippen LogP contribution in [-0.2, 0) is 14.3 Å². The number of thiazole rings is 1. The first-order valence-electron chi connectivity index (χ1n) is 9.89. The summed E-state index contributed by atoms with van der Waals surface area (Å²) < 4.78 is 10.1. The zero-order valence-corrected chi connectivity index (χ0v) is 19.0. The molecular formula is C22H20N4O7S. The Morgan fingerprint density at radius 3 is 2.68 bits per heavy atom. The lowest BCUT2D eigenvalue weighted by atomic mass is 10.1. The maximum atomic E-state index is 12.4. The van der Waals surface area contributed by atoms with Gasteiger partial charge in [0.2, 0.25) is 0 Å². The van der Waals surface area contributed by atoms with Crippen LogP contribution >= 0.6 is 11.3 Å². The van der Waals surface area contributed by atoms with Gasteiger partial charge in [-0.15, -0.1) is 11.3 Å². The number of aromatic nitrogens is 1. The van der Waals surface area contributed by atoms with Crippen molar-refractivity contribution in [3.8, 4) is 17.0 Å². The zero-order valence-electron chi connectivity index (χ0n) is 18.1. The van der Waals surface area contributed by atoms with E-state index in [0.717, 1.165) is 11.3 Å². The molecule has 0 fully saturated rings. The number of hydrogen-bond donors (Lipinski definition) is 2. The van der Waals surface area contributed by atoms with Gasteiger partial charge in [-0.1, -0.05) is 18.2 Å². The molecule has 1 heterocycles. The van der Waals surface area contributed by atoms with Crippen LogP contribution in [0.25, 0.3) is 11.3 Å². The molecule has 0 saturated carbocycles. The van der Waals surface area contributed by atoms with Crippen molar-refractivity contribution >= 4 is 39.9 Å². The molecule has 12 heteroatoms. The molecule has 3 aromatic rings. The number of amides is 2. The highest BCUT2D eigenvalue weighted by atomic mass is 32.1. The fourth-order valence-corrected chi connectivity index (χ4v) is 3.48. The van der Waals surface area contributed by atoms with E-state index in [1.807, 2.05) is 0 Å². The number of esters is 1. The number of methoxy groups -OCH3 is 1. The number of nitrogens with one attached hydrogen (secondary N) is 2. The number of nitro groups is 1. The number of non-ortho nitro benzene ring substituents is 1. The molecule has 0 aliphatic heterocycles. The molecule has 1 unspecified atom stereocenters. The lowest BCUT2D eigenvalue weighted by Crippen LogP contribution is -2.35. The number of anilines is 1. The predicted octanol–water partition coefficient (Wildman–Crippen LogP) is 3.03. The van der Waals surface area contributed by atoms with Crippen molar-refractivity contribution in [1.82, 2.24) is 10.3 Å². The van der Waals surface area contributed by atoms with Gasteiger partial charge in [0, 0.05) is 28.6 Å². The molecule has 1 aromatic heterocycles. The number of rotatable bonds is 9. The summed E-state index contributed by atoms with van der Waals surface area (Å²) in [5.41, 5.74) is 1.21. The molecule has 2 amide bonds. The molecule has 1 atom stereocenters. The van der Waals surface area contributed by atoms with Crippen molar-refractivity contribution in [1.29, 1.82) is 0 Å². The minimum atomic E-state index is -1.15. The lowest BCUT2D eigenvalue weighted by molar-refractivity contribution is -0.384. The normalized spacial score (nSPS) is 11.2. The van der Waals surface area contributed by atoms with E-state index in [0.29, 0.717) is 22.6 Å². The van der Waals surface area contributed by atoms with Crippen LogP contribution in [-0.4, -0.2) is 47.4 Å². The quantitative estimate of drug-likeness (QED) is 0.267. The molecule has 34 heavy (non-hydrogen) atoms. The van der Waals surface area contributed by atoms with Gasteiger partial charge in [-0.3, -0.25) is 29.8 Å². The Kier molecular flexibility index (Phi) is 7.88. The largest absolute Gasteiger partial charge is 0.497 e. The van der Waals surface area contributed by atoms with Gasteiger partial charge in [-0.05, 0) is 25.1 Å². The Morgan fingerprint density at radius 2 is 1.94 bits per heavy atom. The predicted molar refractivity (Wildman–Crippen MR) is 124 cm³/mol. The van der Waals surface area contributed by atoms with E-state index in [9.17, 15) is 24.5 Å². The second-order valence-corrected chi connectivity index (χ2v) is 7.74. The molecule has 0 spiro atoms. The van der Waals surface area contributed by atoms with Gasteiger partial charge in [-0.2, -0.15) is 0 Å². The summed E-state index contributed by atoms with van der Waals surface area (Å²) in [5, 5.41) is 17.8. The minimum Gasteiger partial charge on any atom is -0.497 e. The number of benzene rings is 2. The van der Waals surface area contributed by atoms with E-state index in [1.54, 1.807) is 35.7 Å². The highest BCUT2D eigenvalue weighted by molar-refractivity contribution is 7.14. The lowest BCUT2D eigenvalue weighted by Gasteiger charge is -2.13. The van der Waals surface area contributed by atoms with Crippen LogP contribution in [0.2, 0.25) is 0 Å². The summed E-state index contributed by atoms with van der Waals surface area (Å²) in [6, 6.07) is 12.4. The smallest absolute Gasteiger partial charge is 0.326 e. The third-order valence-electron chi connectivity index (χ3n) is 4.49. The van der Waals surface area contributed by atoms with Gasteiger partial charge < -0.3 is 14.8 Å². The van der Waals surface area contributed by atoms with Crippen molar-refractivity contribution in [2.24, 2.45) is 0 Å². The van der Waals surface area contributed by atoms with Crippen LogP contribution in [0.15, 0.2) is 53.9 Å². The minimum absolute atomic E-state index is 0.0740. The summed E-state index contributed by atoms with van der Waals surface area (Å²) in [7, 11) is 1.47. The van der Waals surface area contributed by atoms with Crippen LogP contribution in [0.3, 0.4) is 0 Å². The summed E-state index contributed by atoms with van der Waals surface area (Å²) >= 11 is 1.12. The van der Waals surface area contributed by atoms with Crippen molar-refractivity contribution in [3.05, 3.63) is 69.6 Å². The van der Waals surface area contributed by atoms with Crippen LogP contribution in [0.1, 0.15) is 17.3 Å². The molecule has 176 valence electrons. The van der Waals surface area contributed by atoms with Gasteiger partial charge in [-0.25, -0.2) is 4.98 Å². The standard InChI is InChI=1S/C22H20N4O7S/c1-13(33-19(27)11-23-21(29)15-6-4-8-17(10-15)32-2)20(28)25-22-24-18(12-34-22)14-5-3-7-16(9-14)26(30)31/h3-10,12-13H,11H2,1-2H3,(H,23,29)(H,24,25,28). The Morgan fingerprint density at radius 1 is 1.18 bits per heavy atom. The van der Waals surface area contributed by atoms with E-state index >= 15 is 0 Å². The molecule has 0 bridgehead atoms. The second-order valence-electron chi connectivity index (χ2n) is 6.88. The SMILES string of the molecule is COc1cccc(C(=O)NCC(=O)OC(C)C(=O)Nc2nc(-c3cccc([N+](=O)[O-])c3)cs2)c1. The van der Waals surface area contributed by atoms with Crippen molar-refractivity contribution in [3.63, 3.8) is 0 Å². The van der Waals surface area contributed by atoms with Crippen molar-refractivity contribution in [2.45, 2.75) is 13.0 Å². The van der Waals surface area contributed by atoms with Crippen LogP contribution in [0, 0.1) is 10.1 Å². The molecule has 0 saturated heterocycles.